The Labute approximate surface area is 127 Å². The number of primary amides is 1. The number of nitrogens with two attached hydrogens (primary N) is 1. The van der Waals surface area contributed by atoms with Gasteiger partial charge in [-0.05, 0) is 33.8 Å². The Bertz CT molecular complexity index is 506. The Hall–Kier alpha value is -1.61. The smallest absolute Gasteiger partial charge is 0.326 e. The summed E-state index contributed by atoms with van der Waals surface area (Å²) in [5.41, 5.74) is 4.95. The summed E-state index contributed by atoms with van der Waals surface area (Å²) in [6.45, 7) is 0.284. The first-order chi connectivity index (χ1) is 9.40. The minimum absolute atomic E-state index is 0.0409. The first kappa shape index (κ1) is 16.4. The molecule has 0 fully saturated rings. The third kappa shape index (κ3) is 5.57. The van der Waals surface area contributed by atoms with Gasteiger partial charge in [0.25, 0.3) is 0 Å². The van der Waals surface area contributed by atoms with Gasteiger partial charge in [0.05, 0.1) is 6.54 Å². The van der Waals surface area contributed by atoms with E-state index in [0.717, 1.165) is 9.35 Å². The summed E-state index contributed by atoms with van der Waals surface area (Å²) in [6, 6.07) is 0.100. The molecule has 1 aromatic heterocycles. The molecule has 0 spiro atoms. The van der Waals surface area contributed by atoms with Gasteiger partial charge in [-0.15, -0.1) is 11.3 Å². The second kappa shape index (κ2) is 7.85. The van der Waals surface area contributed by atoms with E-state index < -0.39 is 23.9 Å². The lowest BCUT2D eigenvalue weighted by atomic mass is 10.1. The summed E-state index contributed by atoms with van der Waals surface area (Å²) in [6.07, 6.45) is -0.144. The zero-order chi connectivity index (χ0) is 15.1. The van der Waals surface area contributed by atoms with Gasteiger partial charge in [-0.2, -0.15) is 0 Å². The summed E-state index contributed by atoms with van der Waals surface area (Å²) in [7, 11) is 0. The van der Waals surface area contributed by atoms with E-state index in [-0.39, 0.29) is 19.4 Å². The zero-order valence-electron chi connectivity index (χ0n) is 10.4. The number of hydrogen-bond donors (Lipinski definition) is 4. The first-order valence-electron chi connectivity index (χ1n) is 5.67. The van der Waals surface area contributed by atoms with Crippen molar-refractivity contribution in [1.82, 2.24) is 10.6 Å². The number of thiophene rings is 1. The van der Waals surface area contributed by atoms with Crippen molar-refractivity contribution in [3.63, 3.8) is 0 Å². The van der Waals surface area contributed by atoms with Gasteiger partial charge in [-0.1, -0.05) is 0 Å². The highest BCUT2D eigenvalue weighted by Crippen LogP contribution is 2.21. The van der Waals surface area contributed by atoms with Gasteiger partial charge in [-0.3, -0.25) is 4.79 Å². The lowest BCUT2D eigenvalue weighted by Gasteiger charge is -2.14. The van der Waals surface area contributed by atoms with Crippen molar-refractivity contribution in [2.45, 2.75) is 25.4 Å². The van der Waals surface area contributed by atoms with Crippen LogP contribution in [0.3, 0.4) is 0 Å². The number of nitrogens with one attached hydrogen (secondary N) is 2. The van der Waals surface area contributed by atoms with Gasteiger partial charge in [0.1, 0.15) is 6.04 Å². The first-order valence-corrected chi connectivity index (χ1v) is 7.34. The second-order valence-corrected chi connectivity index (χ2v) is 5.77. The van der Waals surface area contributed by atoms with Crippen LogP contribution in [0.2, 0.25) is 0 Å². The van der Waals surface area contributed by atoms with Crippen molar-refractivity contribution in [3.8, 4) is 0 Å². The molecule has 7 nitrogen and oxygen atoms in total. The number of hydrogen-bond acceptors (Lipinski definition) is 4. The maximum atomic E-state index is 11.6. The van der Waals surface area contributed by atoms with Crippen molar-refractivity contribution in [2.75, 3.05) is 0 Å². The molecular formula is C11H14BrN3O4S. The normalized spacial score (nSPS) is 11.7. The van der Waals surface area contributed by atoms with E-state index in [9.17, 15) is 14.4 Å². The van der Waals surface area contributed by atoms with E-state index in [1.165, 1.54) is 11.3 Å². The molecule has 9 heteroatoms. The number of halogens is 1. The molecule has 1 unspecified atom stereocenters. The molecule has 110 valence electrons. The molecule has 1 aromatic rings. The Kier molecular flexibility index (Phi) is 6.46. The number of rotatable bonds is 7. The summed E-state index contributed by atoms with van der Waals surface area (Å²) in [5.74, 6) is -1.82. The van der Waals surface area contributed by atoms with Crippen LogP contribution in [0.1, 0.15) is 17.7 Å². The van der Waals surface area contributed by atoms with E-state index in [0.29, 0.717) is 0 Å². The predicted octanol–water partition coefficient (Wildman–Crippen LogP) is 1.03. The van der Waals surface area contributed by atoms with Gasteiger partial charge in [0.15, 0.2) is 0 Å². The van der Waals surface area contributed by atoms with Crippen molar-refractivity contribution in [3.05, 3.63) is 20.8 Å². The number of carboxylic acid groups (broad SMARTS) is 1. The summed E-state index contributed by atoms with van der Waals surface area (Å²) >= 11 is 4.79. The number of carbonyl (C=O) groups excluding carboxylic acids is 2. The Morgan fingerprint density at radius 1 is 1.45 bits per heavy atom. The van der Waals surface area contributed by atoms with Crippen LogP contribution in [0, 0.1) is 0 Å². The molecule has 0 aromatic carbocycles. The third-order valence-corrected chi connectivity index (χ3v) is 4.31. The predicted molar refractivity (Wildman–Crippen MR) is 77.2 cm³/mol. The molecule has 1 heterocycles. The highest BCUT2D eigenvalue weighted by atomic mass is 79.9. The molecule has 0 aliphatic rings. The molecular weight excluding hydrogens is 350 g/mol. The van der Waals surface area contributed by atoms with Crippen LogP contribution < -0.4 is 16.4 Å². The van der Waals surface area contributed by atoms with Crippen LogP contribution in [-0.4, -0.2) is 29.1 Å². The fourth-order valence-electron chi connectivity index (χ4n) is 1.37. The zero-order valence-corrected chi connectivity index (χ0v) is 12.8. The van der Waals surface area contributed by atoms with Gasteiger partial charge in [-0.25, -0.2) is 9.59 Å². The van der Waals surface area contributed by atoms with E-state index in [1.807, 2.05) is 11.4 Å². The highest BCUT2D eigenvalue weighted by molar-refractivity contribution is 9.10. The molecule has 1 atom stereocenters. The van der Waals surface area contributed by atoms with Gasteiger partial charge >= 0.3 is 12.0 Å². The van der Waals surface area contributed by atoms with Crippen LogP contribution >= 0.6 is 27.3 Å². The van der Waals surface area contributed by atoms with Crippen molar-refractivity contribution in [1.29, 1.82) is 0 Å². The Balaban J connectivity index is 2.43. The largest absolute Gasteiger partial charge is 0.480 e. The Morgan fingerprint density at radius 2 is 2.15 bits per heavy atom. The molecule has 0 radical (unpaired) electrons. The van der Waals surface area contributed by atoms with Crippen molar-refractivity contribution < 1.29 is 19.5 Å². The van der Waals surface area contributed by atoms with Crippen LogP contribution in [0.4, 0.5) is 4.79 Å². The summed E-state index contributed by atoms with van der Waals surface area (Å²) in [4.78, 5) is 34.1. The molecule has 3 amide bonds. The van der Waals surface area contributed by atoms with Crippen LogP contribution in [0.5, 0.6) is 0 Å². The summed E-state index contributed by atoms with van der Waals surface area (Å²) in [5, 5.41) is 15.6. The maximum absolute atomic E-state index is 11.6. The quantitative estimate of drug-likeness (QED) is 0.577. The summed E-state index contributed by atoms with van der Waals surface area (Å²) < 4.78 is 0.881. The molecule has 0 saturated heterocycles. The molecule has 0 aliphatic carbocycles. The standard InChI is InChI=1S/C11H14BrN3O4S/c12-6-3-4-20-8(6)5-14-11(19)15-7(10(17)18)1-2-9(13)16/h3-4,7H,1-2,5H2,(H2,13,16)(H,17,18)(H2,14,15,19). The van der Waals surface area contributed by atoms with E-state index in [1.54, 1.807) is 0 Å². The number of carboxylic acids is 1. The SMILES string of the molecule is NC(=O)CCC(NC(=O)NCc1sccc1Br)C(=O)O. The molecule has 1 rings (SSSR count). The minimum Gasteiger partial charge on any atom is -0.480 e. The second-order valence-electron chi connectivity index (χ2n) is 3.91. The third-order valence-electron chi connectivity index (χ3n) is 2.38. The molecule has 20 heavy (non-hydrogen) atoms. The topological polar surface area (TPSA) is 122 Å². The van der Waals surface area contributed by atoms with E-state index in [2.05, 4.69) is 26.6 Å². The van der Waals surface area contributed by atoms with Gasteiger partial charge in [0.2, 0.25) is 5.91 Å². The fourth-order valence-corrected chi connectivity index (χ4v) is 2.80. The minimum atomic E-state index is -1.21. The molecule has 0 saturated carbocycles. The van der Waals surface area contributed by atoms with E-state index in [4.69, 9.17) is 10.8 Å². The lowest BCUT2D eigenvalue weighted by Crippen LogP contribution is -2.46. The average molecular weight is 364 g/mol. The van der Waals surface area contributed by atoms with Crippen LogP contribution in [0.15, 0.2) is 15.9 Å². The van der Waals surface area contributed by atoms with Crippen molar-refractivity contribution >= 4 is 45.2 Å². The average Bonchev–Trinajstić information content (AvgIpc) is 2.77. The number of amides is 3. The van der Waals surface area contributed by atoms with Crippen molar-refractivity contribution in [2.24, 2.45) is 5.73 Å². The number of urea groups is 1. The fraction of sp³-hybridized carbons (Fsp3) is 0.364. The molecule has 0 aliphatic heterocycles. The van der Waals surface area contributed by atoms with Crippen LogP contribution in [0.25, 0.3) is 0 Å². The lowest BCUT2D eigenvalue weighted by molar-refractivity contribution is -0.139. The monoisotopic (exact) mass is 363 g/mol. The van der Waals surface area contributed by atoms with E-state index >= 15 is 0 Å². The Morgan fingerprint density at radius 3 is 2.65 bits per heavy atom. The van der Waals surface area contributed by atoms with Gasteiger partial charge in [0, 0.05) is 15.8 Å². The highest BCUT2D eigenvalue weighted by Gasteiger charge is 2.20. The number of carbonyl (C=O) groups is 3. The molecule has 5 N–H and O–H groups in total. The maximum Gasteiger partial charge on any atom is 0.326 e. The van der Waals surface area contributed by atoms with Gasteiger partial charge < -0.3 is 21.5 Å². The van der Waals surface area contributed by atoms with Crippen LogP contribution in [-0.2, 0) is 16.1 Å². The molecule has 0 bridgehead atoms. The number of aliphatic carboxylic acids is 1.